The topological polar surface area (TPSA) is 3.24 Å². The average molecular weight is 203 g/mol. The lowest BCUT2D eigenvalue weighted by molar-refractivity contribution is 0.341. The van der Waals surface area contributed by atoms with Crippen LogP contribution in [0.4, 0.5) is 0 Å². The van der Waals surface area contributed by atoms with E-state index in [4.69, 9.17) is 0 Å². The molecule has 0 amide bonds. The third-order valence-electron chi connectivity index (χ3n) is 2.56. The molecule has 0 aromatic rings. The summed E-state index contributed by atoms with van der Waals surface area (Å²) in [6.45, 7) is 8.21. The highest BCUT2D eigenvalue weighted by molar-refractivity contribution is 7.99. The zero-order valence-corrected chi connectivity index (χ0v) is 10.7. The van der Waals surface area contributed by atoms with Crippen molar-refractivity contribution < 1.29 is 0 Å². The lowest BCUT2D eigenvalue weighted by Crippen LogP contribution is -2.16. The van der Waals surface area contributed by atoms with Crippen LogP contribution in [0.3, 0.4) is 0 Å². The van der Waals surface area contributed by atoms with Crippen molar-refractivity contribution in [2.24, 2.45) is 5.41 Å². The Morgan fingerprint density at radius 1 is 1.15 bits per heavy atom. The third-order valence-corrected chi connectivity index (χ3v) is 3.53. The molecule has 0 spiro atoms. The van der Waals surface area contributed by atoms with Crippen molar-refractivity contribution >= 4 is 11.8 Å². The Bertz CT molecular complexity index is 121. The molecule has 80 valence electrons. The number of hydrogen-bond acceptors (Lipinski definition) is 2. The van der Waals surface area contributed by atoms with Crippen molar-refractivity contribution in [2.75, 3.05) is 32.1 Å². The van der Waals surface area contributed by atoms with Gasteiger partial charge in [0.05, 0.1) is 0 Å². The second kappa shape index (κ2) is 6.72. The molecular weight excluding hydrogens is 178 g/mol. The van der Waals surface area contributed by atoms with Crippen molar-refractivity contribution in [1.29, 1.82) is 0 Å². The minimum Gasteiger partial charge on any atom is -0.309 e. The van der Waals surface area contributed by atoms with Gasteiger partial charge in [-0.15, -0.1) is 0 Å². The summed E-state index contributed by atoms with van der Waals surface area (Å²) in [7, 11) is 4.27. The molecule has 0 aliphatic rings. The molecule has 0 fully saturated rings. The molecule has 0 aromatic heterocycles. The summed E-state index contributed by atoms with van der Waals surface area (Å²) < 4.78 is 0. The van der Waals surface area contributed by atoms with Gasteiger partial charge in [0.1, 0.15) is 0 Å². The Morgan fingerprint density at radius 3 is 2.23 bits per heavy atom. The van der Waals surface area contributed by atoms with Crippen LogP contribution in [0.2, 0.25) is 0 Å². The summed E-state index contributed by atoms with van der Waals surface area (Å²) in [5, 5.41) is 0. The smallest absolute Gasteiger partial charge is 0.00662 e. The quantitative estimate of drug-likeness (QED) is 0.585. The molecule has 0 atom stereocenters. The lowest BCUT2D eigenvalue weighted by atomic mass is 9.87. The van der Waals surface area contributed by atoms with E-state index in [0.717, 1.165) is 0 Å². The first-order valence-electron chi connectivity index (χ1n) is 5.20. The van der Waals surface area contributed by atoms with Gasteiger partial charge >= 0.3 is 0 Å². The number of nitrogens with zero attached hydrogens (tertiary/aromatic N) is 1. The zero-order chi connectivity index (χ0) is 10.3. The molecule has 0 aliphatic heterocycles. The molecule has 1 nitrogen and oxygen atoms in total. The predicted molar refractivity (Wildman–Crippen MR) is 64.6 cm³/mol. The van der Waals surface area contributed by atoms with Crippen LogP contribution in [0, 0.1) is 5.41 Å². The Labute approximate surface area is 88.3 Å². The average Bonchev–Trinajstić information content (AvgIpc) is 2.03. The molecule has 0 bridgehead atoms. The third kappa shape index (κ3) is 8.63. The van der Waals surface area contributed by atoms with Gasteiger partial charge in [-0.2, -0.15) is 11.8 Å². The van der Waals surface area contributed by atoms with Gasteiger partial charge in [0.15, 0.2) is 0 Å². The van der Waals surface area contributed by atoms with Crippen LogP contribution >= 0.6 is 11.8 Å². The largest absolute Gasteiger partial charge is 0.309 e. The fourth-order valence-corrected chi connectivity index (χ4v) is 2.27. The normalized spacial score (nSPS) is 12.5. The summed E-state index contributed by atoms with van der Waals surface area (Å²) >= 11 is 2.08. The van der Waals surface area contributed by atoms with Crippen LogP contribution in [0.25, 0.3) is 0 Å². The SMILES string of the molecule is CCC(C)(C)CCSCCN(C)C. The summed E-state index contributed by atoms with van der Waals surface area (Å²) in [6, 6.07) is 0. The molecule has 0 rings (SSSR count). The van der Waals surface area contributed by atoms with Crippen LogP contribution in [0.1, 0.15) is 33.6 Å². The standard InChI is InChI=1S/C11H25NS/c1-6-11(2,3)7-9-13-10-8-12(4)5/h6-10H2,1-5H3. The Morgan fingerprint density at radius 2 is 1.77 bits per heavy atom. The van der Waals surface area contributed by atoms with Crippen LogP contribution in [0.5, 0.6) is 0 Å². The maximum atomic E-state index is 2.36. The maximum absolute atomic E-state index is 2.36. The van der Waals surface area contributed by atoms with E-state index in [1.807, 2.05) is 0 Å². The summed E-state index contributed by atoms with van der Waals surface area (Å²) in [4.78, 5) is 2.25. The van der Waals surface area contributed by atoms with Crippen molar-refractivity contribution in [3.8, 4) is 0 Å². The van der Waals surface area contributed by atoms with E-state index in [1.165, 1.54) is 30.9 Å². The van der Waals surface area contributed by atoms with Crippen molar-refractivity contribution in [3.05, 3.63) is 0 Å². The van der Waals surface area contributed by atoms with Gasteiger partial charge in [0.2, 0.25) is 0 Å². The van der Waals surface area contributed by atoms with Gasteiger partial charge in [-0.1, -0.05) is 27.2 Å². The molecule has 0 saturated heterocycles. The second-order valence-corrected chi connectivity index (χ2v) is 5.91. The highest BCUT2D eigenvalue weighted by Gasteiger charge is 2.13. The molecule has 0 aromatic carbocycles. The molecule has 0 saturated carbocycles. The van der Waals surface area contributed by atoms with Gasteiger partial charge in [-0.25, -0.2) is 0 Å². The van der Waals surface area contributed by atoms with Gasteiger partial charge in [-0.05, 0) is 31.7 Å². The summed E-state index contributed by atoms with van der Waals surface area (Å²) in [5.41, 5.74) is 0.547. The zero-order valence-electron chi connectivity index (χ0n) is 9.89. The van der Waals surface area contributed by atoms with Crippen LogP contribution in [-0.4, -0.2) is 37.0 Å². The molecular formula is C11H25NS. The lowest BCUT2D eigenvalue weighted by Gasteiger charge is -2.22. The number of rotatable bonds is 7. The first-order valence-corrected chi connectivity index (χ1v) is 6.36. The monoisotopic (exact) mass is 203 g/mol. The van der Waals surface area contributed by atoms with Gasteiger partial charge < -0.3 is 4.90 Å². The highest BCUT2D eigenvalue weighted by atomic mass is 32.2. The van der Waals surface area contributed by atoms with E-state index < -0.39 is 0 Å². The fraction of sp³-hybridized carbons (Fsp3) is 1.00. The Hall–Kier alpha value is 0.310. The Kier molecular flexibility index (Phi) is 6.88. The molecule has 2 heteroatoms. The van der Waals surface area contributed by atoms with Crippen LogP contribution in [0.15, 0.2) is 0 Å². The first-order chi connectivity index (χ1) is 5.98. The van der Waals surface area contributed by atoms with E-state index in [2.05, 4.69) is 51.5 Å². The summed E-state index contributed by atoms with van der Waals surface area (Å²) in [5.74, 6) is 2.58. The molecule has 0 unspecified atom stereocenters. The minimum absolute atomic E-state index is 0.547. The minimum atomic E-state index is 0.547. The number of thioether (sulfide) groups is 1. The van der Waals surface area contributed by atoms with Crippen LogP contribution < -0.4 is 0 Å². The molecule has 0 radical (unpaired) electrons. The molecule has 13 heavy (non-hydrogen) atoms. The molecule has 0 N–H and O–H groups in total. The highest BCUT2D eigenvalue weighted by Crippen LogP contribution is 2.26. The maximum Gasteiger partial charge on any atom is 0.00662 e. The second-order valence-electron chi connectivity index (χ2n) is 4.68. The van der Waals surface area contributed by atoms with E-state index in [1.54, 1.807) is 0 Å². The van der Waals surface area contributed by atoms with Crippen molar-refractivity contribution in [1.82, 2.24) is 4.90 Å². The van der Waals surface area contributed by atoms with Gasteiger partial charge in [-0.3, -0.25) is 0 Å². The fourth-order valence-electron chi connectivity index (χ4n) is 0.874. The van der Waals surface area contributed by atoms with Gasteiger partial charge in [0.25, 0.3) is 0 Å². The van der Waals surface area contributed by atoms with Crippen molar-refractivity contribution in [3.63, 3.8) is 0 Å². The summed E-state index contributed by atoms with van der Waals surface area (Å²) in [6.07, 6.45) is 2.64. The molecule has 0 heterocycles. The van der Waals surface area contributed by atoms with Crippen molar-refractivity contribution in [2.45, 2.75) is 33.6 Å². The Balaban J connectivity index is 3.26. The van der Waals surface area contributed by atoms with Crippen LogP contribution in [-0.2, 0) is 0 Å². The van der Waals surface area contributed by atoms with Gasteiger partial charge in [0, 0.05) is 12.3 Å². The number of hydrogen-bond donors (Lipinski definition) is 0. The molecule has 0 aliphatic carbocycles. The van der Waals surface area contributed by atoms with E-state index in [-0.39, 0.29) is 0 Å². The van der Waals surface area contributed by atoms with E-state index >= 15 is 0 Å². The van der Waals surface area contributed by atoms with E-state index in [0.29, 0.717) is 5.41 Å². The predicted octanol–water partition coefficient (Wildman–Crippen LogP) is 3.11. The first kappa shape index (κ1) is 13.3. The van der Waals surface area contributed by atoms with E-state index in [9.17, 15) is 0 Å².